The molecule has 0 amide bonds. The molecule has 1 heterocycles. The molecule has 0 radical (unpaired) electrons. The Morgan fingerprint density at radius 3 is 2.90 bits per heavy atom. The van der Waals surface area contributed by atoms with Gasteiger partial charge in [0.2, 0.25) is 0 Å². The van der Waals surface area contributed by atoms with Crippen LogP contribution >= 0.6 is 0 Å². The van der Waals surface area contributed by atoms with Crippen LogP contribution in [0.15, 0.2) is 42.6 Å². The Morgan fingerprint density at radius 1 is 1.29 bits per heavy atom. The van der Waals surface area contributed by atoms with Crippen molar-refractivity contribution in [2.24, 2.45) is 0 Å². The van der Waals surface area contributed by atoms with Gasteiger partial charge in [-0.05, 0) is 36.5 Å². The lowest BCUT2D eigenvalue weighted by atomic mass is 9.87. The normalized spacial score (nSPS) is 17.1. The van der Waals surface area contributed by atoms with Gasteiger partial charge in [0.25, 0.3) is 0 Å². The van der Waals surface area contributed by atoms with Gasteiger partial charge in [-0.3, -0.25) is 15.0 Å². The van der Waals surface area contributed by atoms with E-state index in [-0.39, 0.29) is 16.7 Å². The van der Waals surface area contributed by atoms with Gasteiger partial charge in [-0.1, -0.05) is 24.3 Å². The van der Waals surface area contributed by atoms with Gasteiger partial charge in [-0.2, -0.15) is 0 Å². The van der Waals surface area contributed by atoms with Crippen molar-refractivity contribution >= 4 is 11.5 Å². The van der Waals surface area contributed by atoms with Crippen LogP contribution in [0.5, 0.6) is 0 Å². The maximum absolute atomic E-state index is 11.2. The topological polar surface area (TPSA) is 60.5 Å². The molecule has 0 bridgehead atoms. The zero-order valence-corrected chi connectivity index (χ0v) is 12.0. The zero-order valence-electron chi connectivity index (χ0n) is 12.0. The third-order valence-electron chi connectivity index (χ3n) is 4.17. The predicted molar refractivity (Wildman–Crippen MR) is 80.2 cm³/mol. The number of hydrogen-bond acceptors (Lipinski definition) is 3. The Bertz CT molecular complexity index is 672. The average Bonchev–Trinajstić information content (AvgIpc) is 2.53. The molecule has 1 aromatic carbocycles. The number of aromatic nitrogens is 1. The first-order valence-electron chi connectivity index (χ1n) is 7.14. The summed E-state index contributed by atoms with van der Waals surface area (Å²) in [5.74, 6) is 0.559. The number of aromatic amines is 1. The fourth-order valence-electron chi connectivity index (χ4n) is 3.14. The third kappa shape index (κ3) is 2.46. The summed E-state index contributed by atoms with van der Waals surface area (Å²) < 4.78 is 0. The number of nitro groups is 1. The number of nitrogens with one attached hydrogen (secondary N) is 1. The van der Waals surface area contributed by atoms with E-state index in [2.05, 4.69) is 23.2 Å². The summed E-state index contributed by atoms with van der Waals surface area (Å²) in [6.45, 7) is 0. The highest BCUT2D eigenvalue weighted by Gasteiger charge is 2.33. The lowest BCUT2D eigenvalue weighted by molar-refractivity contribution is -0.411. The molecule has 0 saturated heterocycles. The van der Waals surface area contributed by atoms with E-state index in [1.54, 1.807) is 12.3 Å². The number of fused-ring (bicyclic) bond motifs is 1. The number of hydrogen-bond donors (Lipinski definition) is 0. The van der Waals surface area contributed by atoms with Crippen LogP contribution in [0.25, 0.3) is 0 Å². The molecule has 0 aliphatic heterocycles. The second-order valence-corrected chi connectivity index (χ2v) is 5.38. The standard InChI is InChI=1S/C16H17N3O2/c1-18(16-15(19(20)21)10-5-11-17-16)14-9-4-7-12-6-2-3-8-13(12)14/h2-3,5-6,8,10-11,14H,4,7,9H2,1H3/p+1/t14-/m1/s1. The lowest BCUT2D eigenvalue weighted by Gasteiger charge is -2.28. The highest BCUT2D eigenvalue weighted by molar-refractivity contribution is 5.55. The van der Waals surface area contributed by atoms with E-state index in [0.29, 0.717) is 5.82 Å². The minimum atomic E-state index is -0.336. The van der Waals surface area contributed by atoms with E-state index in [1.807, 2.05) is 18.0 Å². The van der Waals surface area contributed by atoms with Crippen molar-refractivity contribution in [3.8, 4) is 0 Å². The summed E-state index contributed by atoms with van der Waals surface area (Å²) in [6.07, 6.45) is 4.93. The monoisotopic (exact) mass is 284 g/mol. The van der Waals surface area contributed by atoms with Crippen LogP contribution in [0.3, 0.4) is 0 Å². The van der Waals surface area contributed by atoms with Crippen molar-refractivity contribution in [1.82, 2.24) is 0 Å². The molecule has 5 nitrogen and oxygen atoms in total. The van der Waals surface area contributed by atoms with Gasteiger partial charge in [0.1, 0.15) is 6.04 Å². The van der Waals surface area contributed by atoms with Gasteiger partial charge in [0, 0.05) is 6.07 Å². The van der Waals surface area contributed by atoms with Crippen molar-refractivity contribution in [1.29, 1.82) is 0 Å². The predicted octanol–water partition coefficient (Wildman–Crippen LogP) is 2.92. The number of nitrogens with zero attached hydrogens (tertiary/aromatic N) is 2. The Balaban J connectivity index is 2.01. The Hall–Kier alpha value is -2.43. The Labute approximate surface area is 123 Å². The van der Waals surface area contributed by atoms with Crippen molar-refractivity contribution in [2.45, 2.75) is 25.3 Å². The van der Waals surface area contributed by atoms with E-state index < -0.39 is 0 Å². The molecule has 1 aromatic heterocycles. The molecule has 2 aromatic rings. The van der Waals surface area contributed by atoms with Crippen LogP contribution in [0.1, 0.15) is 30.0 Å². The van der Waals surface area contributed by atoms with E-state index >= 15 is 0 Å². The highest BCUT2D eigenvalue weighted by atomic mass is 16.6. The fourth-order valence-corrected chi connectivity index (χ4v) is 3.14. The number of benzene rings is 1. The maximum Gasteiger partial charge on any atom is 0.357 e. The minimum Gasteiger partial charge on any atom is -0.258 e. The van der Waals surface area contributed by atoms with Crippen LogP contribution in [-0.4, -0.2) is 12.0 Å². The van der Waals surface area contributed by atoms with Gasteiger partial charge >= 0.3 is 11.5 Å². The quantitative estimate of drug-likeness (QED) is 0.643. The summed E-state index contributed by atoms with van der Waals surface area (Å²) >= 11 is 0. The molecule has 21 heavy (non-hydrogen) atoms. The van der Waals surface area contributed by atoms with Gasteiger partial charge < -0.3 is 0 Å². The largest absolute Gasteiger partial charge is 0.357 e. The van der Waals surface area contributed by atoms with E-state index in [4.69, 9.17) is 0 Å². The molecular weight excluding hydrogens is 266 g/mol. The maximum atomic E-state index is 11.2. The van der Waals surface area contributed by atoms with Crippen molar-refractivity contribution in [3.05, 3.63) is 63.8 Å². The van der Waals surface area contributed by atoms with Gasteiger partial charge in [0.05, 0.1) is 18.2 Å². The Morgan fingerprint density at radius 2 is 2.10 bits per heavy atom. The smallest absolute Gasteiger partial charge is 0.258 e. The van der Waals surface area contributed by atoms with Crippen LogP contribution in [0.4, 0.5) is 11.5 Å². The molecule has 1 aliphatic carbocycles. The van der Waals surface area contributed by atoms with Gasteiger partial charge in [0.15, 0.2) is 0 Å². The van der Waals surface area contributed by atoms with Crippen molar-refractivity contribution in [2.75, 3.05) is 11.9 Å². The number of H-pyrrole nitrogens is 1. The molecular formula is C16H18N3O2+. The molecule has 3 rings (SSSR count). The molecule has 0 fully saturated rings. The number of rotatable bonds is 3. The first kappa shape index (κ1) is 13.5. The summed E-state index contributed by atoms with van der Waals surface area (Å²) in [4.78, 5) is 15.9. The molecule has 1 N–H and O–H groups in total. The minimum absolute atomic E-state index is 0.114. The fraction of sp³-hybridized carbons (Fsp3) is 0.312. The molecule has 1 atom stereocenters. The molecule has 0 unspecified atom stereocenters. The van der Waals surface area contributed by atoms with Gasteiger partial charge in [-0.15, -0.1) is 0 Å². The van der Waals surface area contributed by atoms with Gasteiger partial charge in [-0.25, -0.2) is 4.98 Å². The first-order valence-corrected chi connectivity index (χ1v) is 7.14. The van der Waals surface area contributed by atoms with Crippen LogP contribution < -0.4 is 9.88 Å². The molecule has 0 spiro atoms. The number of aryl methyl sites for hydroxylation is 1. The average molecular weight is 284 g/mol. The SMILES string of the molecule is CN(c1[nH+]cccc1[N+](=O)[O-])[C@@H]1CCCc2ccccc21. The molecule has 108 valence electrons. The van der Waals surface area contributed by atoms with Crippen LogP contribution in [0.2, 0.25) is 0 Å². The number of pyridine rings is 1. The third-order valence-corrected chi connectivity index (χ3v) is 4.17. The van der Waals surface area contributed by atoms with E-state index in [0.717, 1.165) is 19.3 Å². The van der Waals surface area contributed by atoms with Crippen molar-refractivity contribution in [3.63, 3.8) is 0 Å². The van der Waals surface area contributed by atoms with E-state index in [1.165, 1.54) is 17.2 Å². The Kier molecular flexibility index (Phi) is 3.56. The van der Waals surface area contributed by atoms with Crippen LogP contribution in [-0.2, 0) is 6.42 Å². The summed E-state index contributed by atoms with van der Waals surface area (Å²) in [5.41, 5.74) is 2.74. The first-order chi connectivity index (χ1) is 10.2. The summed E-state index contributed by atoms with van der Waals surface area (Å²) in [5, 5.41) is 11.2. The van der Waals surface area contributed by atoms with Crippen molar-refractivity contribution < 1.29 is 9.91 Å². The molecule has 5 heteroatoms. The van der Waals surface area contributed by atoms with E-state index in [9.17, 15) is 10.1 Å². The summed E-state index contributed by atoms with van der Waals surface area (Å²) in [7, 11) is 1.92. The molecule has 1 aliphatic rings. The van der Waals surface area contributed by atoms with Crippen LogP contribution in [0, 0.1) is 10.1 Å². The number of anilines is 1. The highest BCUT2D eigenvalue weighted by Crippen LogP contribution is 2.36. The zero-order chi connectivity index (χ0) is 14.8. The molecule has 0 saturated carbocycles. The second-order valence-electron chi connectivity index (χ2n) is 5.38. The lowest BCUT2D eigenvalue weighted by Crippen LogP contribution is -2.32. The second kappa shape index (κ2) is 5.52. The summed E-state index contributed by atoms with van der Waals surface area (Å²) in [6, 6.07) is 11.7.